The number of carbonyl (C=O) groups is 1. The van der Waals surface area contributed by atoms with Crippen molar-refractivity contribution < 1.29 is 4.79 Å². The van der Waals surface area contributed by atoms with Crippen LogP contribution >= 0.6 is 11.8 Å². The summed E-state index contributed by atoms with van der Waals surface area (Å²) in [5.74, 6) is 0.124. The largest absolute Gasteiger partial charge is 0.311 e. The van der Waals surface area contributed by atoms with Crippen molar-refractivity contribution in [1.82, 2.24) is 14.5 Å². The van der Waals surface area contributed by atoms with E-state index in [1.807, 2.05) is 79.7 Å². The monoisotopic (exact) mass is 480 g/mol. The number of thioether (sulfide) groups is 1. The number of pyridine rings is 1. The first kappa shape index (κ1) is 22.8. The molecule has 6 nitrogen and oxygen atoms in total. The minimum absolute atomic E-state index is 0.0378. The van der Waals surface area contributed by atoms with E-state index in [0.29, 0.717) is 29.1 Å². The Balaban J connectivity index is 1.47. The van der Waals surface area contributed by atoms with Crippen LogP contribution in [0.25, 0.3) is 21.7 Å². The Kier molecular flexibility index (Phi) is 6.59. The van der Waals surface area contributed by atoms with Crippen LogP contribution in [0.4, 0.5) is 5.69 Å². The fraction of sp³-hybridized carbons (Fsp3) is 0.143. The maximum Gasteiger partial charge on any atom is 0.262 e. The zero-order chi connectivity index (χ0) is 24.2. The Labute approximate surface area is 207 Å². The molecule has 1 amide bonds. The topological polar surface area (TPSA) is 68.1 Å². The second-order valence-electron chi connectivity index (χ2n) is 8.09. The summed E-state index contributed by atoms with van der Waals surface area (Å²) in [7, 11) is 0. The molecule has 0 atom stereocenters. The van der Waals surface area contributed by atoms with Crippen molar-refractivity contribution in [1.29, 1.82) is 0 Å². The van der Waals surface area contributed by atoms with E-state index < -0.39 is 0 Å². The molecule has 0 aliphatic rings. The number of anilines is 1. The van der Waals surface area contributed by atoms with Crippen LogP contribution in [0.2, 0.25) is 0 Å². The van der Waals surface area contributed by atoms with Gasteiger partial charge in [-0.15, -0.1) is 0 Å². The Bertz CT molecular complexity index is 1560. The van der Waals surface area contributed by atoms with E-state index in [0.717, 1.165) is 22.0 Å². The number of amides is 1. The van der Waals surface area contributed by atoms with Crippen molar-refractivity contribution >= 4 is 45.0 Å². The summed E-state index contributed by atoms with van der Waals surface area (Å²) >= 11 is 1.29. The Hall–Kier alpha value is -3.97. The zero-order valence-electron chi connectivity index (χ0n) is 19.3. The lowest BCUT2D eigenvalue weighted by atomic mass is 10.1. The molecular formula is C28H24N4O2S. The molecule has 0 radical (unpaired) electrons. The van der Waals surface area contributed by atoms with Gasteiger partial charge in [0.05, 0.1) is 28.9 Å². The molecule has 0 saturated heterocycles. The van der Waals surface area contributed by atoms with E-state index >= 15 is 0 Å². The lowest BCUT2D eigenvalue weighted by Gasteiger charge is -2.23. The molecule has 2 aromatic heterocycles. The number of hydrogen-bond acceptors (Lipinski definition) is 5. The molecule has 0 aliphatic heterocycles. The quantitative estimate of drug-likeness (QED) is 0.238. The van der Waals surface area contributed by atoms with E-state index in [4.69, 9.17) is 4.98 Å². The Morgan fingerprint density at radius 1 is 0.943 bits per heavy atom. The van der Waals surface area contributed by atoms with Gasteiger partial charge >= 0.3 is 0 Å². The molecule has 0 fully saturated rings. The molecular weight excluding hydrogens is 456 g/mol. The minimum atomic E-state index is -0.129. The number of benzene rings is 3. The third kappa shape index (κ3) is 4.68. The van der Waals surface area contributed by atoms with Gasteiger partial charge in [-0.3, -0.25) is 19.1 Å². The highest BCUT2D eigenvalue weighted by Gasteiger charge is 2.19. The highest BCUT2D eigenvalue weighted by atomic mass is 32.2. The number of fused-ring (bicyclic) bond motifs is 2. The van der Waals surface area contributed by atoms with E-state index in [-0.39, 0.29) is 17.2 Å². The van der Waals surface area contributed by atoms with Gasteiger partial charge < -0.3 is 4.90 Å². The van der Waals surface area contributed by atoms with Crippen molar-refractivity contribution in [2.45, 2.75) is 18.6 Å². The molecule has 35 heavy (non-hydrogen) atoms. The lowest BCUT2D eigenvalue weighted by Crippen LogP contribution is -2.32. The average molecular weight is 481 g/mol. The second kappa shape index (κ2) is 10.1. The smallest absolute Gasteiger partial charge is 0.262 e. The van der Waals surface area contributed by atoms with Gasteiger partial charge in [0.15, 0.2) is 5.16 Å². The van der Waals surface area contributed by atoms with Crippen LogP contribution < -0.4 is 10.5 Å². The Morgan fingerprint density at radius 2 is 1.71 bits per heavy atom. The fourth-order valence-corrected chi connectivity index (χ4v) is 5.08. The summed E-state index contributed by atoms with van der Waals surface area (Å²) in [4.78, 5) is 37.4. The van der Waals surface area contributed by atoms with Gasteiger partial charge in [0, 0.05) is 24.3 Å². The number of para-hydroxylation sites is 1. The van der Waals surface area contributed by atoms with Crippen LogP contribution in [-0.4, -0.2) is 32.7 Å². The SMILES string of the molecule is CCN(C(=O)CSc1nc2ccccc2c(=O)n1Cc1cccnc1)c1cccc2ccccc12. The molecule has 0 spiro atoms. The van der Waals surface area contributed by atoms with E-state index in [1.54, 1.807) is 27.9 Å². The maximum atomic E-state index is 13.4. The minimum Gasteiger partial charge on any atom is -0.311 e. The fourth-order valence-electron chi connectivity index (χ4n) is 4.20. The van der Waals surface area contributed by atoms with Gasteiger partial charge in [-0.25, -0.2) is 4.98 Å². The van der Waals surface area contributed by atoms with Crippen LogP contribution in [0.1, 0.15) is 12.5 Å². The third-order valence-electron chi connectivity index (χ3n) is 5.89. The number of rotatable bonds is 7. The third-order valence-corrected chi connectivity index (χ3v) is 6.85. The van der Waals surface area contributed by atoms with Crippen LogP contribution in [-0.2, 0) is 11.3 Å². The van der Waals surface area contributed by atoms with Gasteiger partial charge in [0.2, 0.25) is 5.91 Å². The lowest BCUT2D eigenvalue weighted by molar-refractivity contribution is -0.116. The van der Waals surface area contributed by atoms with Crippen molar-refractivity contribution in [3.05, 3.63) is 107 Å². The highest BCUT2D eigenvalue weighted by Crippen LogP contribution is 2.28. The normalized spacial score (nSPS) is 11.1. The molecule has 3 aromatic carbocycles. The predicted octanol–water partition coefficient (Wildman–Crippen LogP) is 5.14. The summed E-state index contributed by atoms with van der Waals surface area (Å²) < 4.78 is 1.63. The number of aromatic nitrogens is 3. The number of carbonyl (C=O) groups excluding carboxylic acids is 1. The van der Waals surface area contributed by atoms with Crippen LogP contribution in [0.5, 0.6) is 0 Å². The van der Waals surface area contributed by atoms with Crippen LogP contribution in [0.15, 0.2) is 101 Å². The summed E-state index contributed by atoms with van der Waals surface area (Å²) in [6, 6.07) is 25.1. The molecule has 7 heteroatoms. The first-order valence-corrected chi connectivity index (χ1v) is 12.4. The van der Waals surface area contributed by atoms with Crippen LogP contribution in [0.3, 0.4) is 0 Å². The van der Waals surface area contributed by atoms with Gasteiger partial charge in [-0.05, 0) is 42.1 Å². The molecule has 174 valence electrons. The first-order valence-electron chi connectivity index (χ1n) is 11.4. The summed E-state index contributed by atoms with van der Waals surface area (Å²) in [6.07, 6.45) is 3.44. The molecule has 0 aliphatic carbocycles. The summed E-state index contributed by atoms with van der Waals surface area (Å²) in [5, 5.41) is 3.19. The van der Waals surface area contributed by atoms with E-state index in [1.165, 1.54) is 11.8 Å². The van der Waals surface area contributed by atoms with Gasteiger partial charge in [0.25, 0.3) is 5.56 Å². The maximum absolute atomic E-state index is 13.4. The second-order valence-corrected chi connectivity index (χ2v) is 9.03. The molecule has 2 heterocycles. The molecule has 0 N–H and O–H groups in total. The van der Waals surface area contributed by atoms with Crippen molar-refractivity contribution in [2.75, 3.05) is 17.2 Å². The molecule has 5 aromatic rings. The molecule has 5 rings (SSSR count). The number of hydrogen-bond donors (Lipinski definition) is 0. The highest BCUT2D eigenvalue weighted by molar-refractivity contribution is 7.99. The first-order chi connectivity index (χ1) is 17.2. The van der Waals surface area contributed by atoms with Gasteiger partial charge in [-0.1, -0.05) is 66.4 Å². The van der Waals surface area contributed by atoms with Crippen LogP contribution in [0, 0.1) is 0 Å². The van der Waals surface area contributed by atoms with E-state index in [9.17, 15) is 9.59 Å². The zero-order valence-corrected chi connectivity index (χ0v) is 20.1. The van der Waals surface area contributed by atoms with Crippen molar-refractivity contribution in [3.8, 4) is 0 Å². The molecule has 0 bridgehead atoms. The summed E-state index contributed by atoms with van der Waals surface area (Å²) in [6.45, 7) is 2.85. The van der Waals surface area contributed by atoms with Gasteiger partial charge in [0.1, 0.15) is 0 Å². The Morgan fingerprint density at radius 3 is 2.51 bits per heavy atom. The predicted molar refractivity (Wildman–Crippen MR) is 142 cm³/mol. The van der Waals surface area contributed by atoms with Crippen molar-refractivity contribution in [3.63, 3.8) is 0 Å². The number of nitrogens with zero attached hydrogens (tertiary/aromatic N) is 4. The van der Waals surface area contributed by atoms with Crippen molar-refractivity contribution in [2.24, 2.45) is 0 Å². The van der Waals surface area contributed by atoms with E-state index in [2.05, 4.69) is 4.98 Å². The average Bonchev–Trinajstić information content (AvgIpc) is 2.90. The molecule has 0 saturated carbocycles. The summed E-state index contributed by atoms with van der Waals surface area (Å²) in [5.41, 5.74) is 2.27. The van der Waals surface area contributed by atoms with Gasteiger partial charge in [-0.2, -0.15) is 0 Å². The standard InChI is InChI=1S/C28H24N4O2S/c1-2-31(25-15-7-11-21-10-3-4-12-22(21)25)26(33)19-35-28-30-24-14-6-5-13-23(24)27(34)32(28)18-20-9-8-16-29-17-20/h3-17H,2,18-19H2,1H3. The molecule has 0 unspecified atom stereocenters.